The van der Waals surface area contributed by atoms with Crippen LogP contribution < -0.4 is 5.32 Å². The van der Waals surface area contributed by atoms with E-state index in [-0.39, 0.29) is 16.3 Å². The number of benzene rings is 2. The van der Waals surface area contributed by atoms with E-state index in [0.29, 0.717) is 23.4 Å². The molecule has 33 heavy (non-hydrogen) atoms. The molecule has 0 heterocycles. The van der Waals surface area contributed by atoms with Crippen LogP contribution in [0.1, 0.15) is 50.2 Å². The molecule has 3 atom stereocenters. The number of carboxylic acid groups (broad SMARTS) is 1. The van der Waals surface area contributed by atoms with E-state index < -0.39 is 41.2 Å². The van der Waals surface area contributed by atoms with Crippen LogP contribution in [-0.2, 0) is 15.0 Å². The molecule has 2 unspecified atom stereocenters. The molecule has 2 aromatic carbocycles. The maximum atomic E-state index is 13.6. The van der Waals surface area contributed by atoms with Gasteiger partial charge in [0.05, 0.1) is 28.5 Å². The molecule has 0 radical (unpaired) electrons. The summed E-state index contributed by atoms with van der Waals surface area (Å²) < 4.78 is 40.8. The normalized spacial score (nSPS) is 18.0. The van der Waals surface area contributed by atoms with Crippen LogP contribution in [0.3, 0.4) is 0 Å². The summed E-state index contributed by atoms with van der Waals surface area (Å²) in [7, 11) is 0. The minimum absolute atomic E-state index is 0.149. The zero-order valence-corrected chi connectivity index (χ0v) is 19.6. The first-order chi connectivity index (χ1) is 15.4. The molecule has 0 spiro atoms. The first-order valence-electron chi connectivity index (χ1n) is 10.5. The summed E-state index contributed by atoms with van der Waals surface area (Å²) in [5.74, 6) is -5.96. The van der Waals surface area contributed by atoms with Crippen molar-refractivity contribution in [3.05, 3.63) is 63.6 Å². The molecule has 2 N–H and O–H groups in total. The fourth-order valence-corrected chi connectivity index (χ4v) is 4.72. The van der Waals surface area contributed by atoms with Gasteiger partial charge < -0.3 is 10.4 Å². The average Bonchev–Trinajstić information content (AvgIpc) is 2.70. The van der Waals surface area contributed by atoms with Crippen molar-refractivity contribution in [1.82, 2.24) is 0 Å². The molecule has 1 aliphatic rings. The molecule has 1 aliphatic carbocycles. The molecule has 4 nitrogen and oxygen atoms in total. The van der Waals surface area contributed by atoms with Crippen LogP contribution >= 0.6 is 23.2 Å². The van der Waals surface area contributed by atoms with Gasteiger partial charge in [0, 0.05) is 10.4 Å². The number of carboxylic acids is 1. The Kier molecular flexibility index (Phi) is 7.34. The Labute approximate surface area is 200 Å². The second-order valence-electron chi connectivity index (χ2n) is 8.61. The second kappa shape index (κ2) is 9.55. The lowest BCUT2D eigenvalue weighted by molar-refractivity contribution is -0.178. The van der Waals surface area contributed by atoms with Gasteiger partial charge in [0.15, 0.2) is 0 Å². The molecule has 1 saturated carbocycles. The molecule has 0 aromatic heterocycles. The van der Waals surface area contributed by atoms with Gasteiger partial charge in [-0.25, -0.2) is 0 Å². The highest BCUT2D eigenvalue weighted by Gasteiger charge is 2.47. The van der Waals surface area contributed by atoms with E-state index in [4.69, 9.17) is 23.2 Å². The van der Waals surface area contributed by atoms with E-state index in [1.165, 1.54) is 30.3 Å². The molecule has 178 valence electrons. The molecule has 0 aliphatic heterocycles. The lowest BCUT2D eigenvalue weighted by Crippen LogP contribution is -2.44. The quantitative estimate of drug-likeness (QED) is 0.426. The standard InChI is InChI=1S/C24H24Cl2F3NO3/c1-13(24(27,28)29)20(15-4-7-17(25)8-5-15)21(31)30-19-12-16(6-9-18(19)26)23(10-3-11-23)14(2)22(32)33/h4-9,12-14,20H,3,10-11H2,1-2H3,(H,30,31)(H,32,33)/t13-,14?,20?/m1/s1. The van der Waals surface area contributed by atoms with Crippen LogP contribution in [0, 0.1) is 11.8 Å². The Morgan fingerprint density at radius 3 is 2.15 bits per heavy atom. The third-order valence-corrected chi connectivity index (χ3v) is 7.35. The van der Waals surface area contributed by atoms with Crippen LogP contribution in [0.15, 0.2) is 42.5 Å². The summed E-state index contributed by atoms with van der Waals surface area (Å²) in [5.41, 5.74) is 0.403. The van der Waals surface area contributed by atoms with E-state index in [1.54, 1.807) is 19.1 Å². The number of alkyl halides is 3. The number of aliphatic carboxylic acids is 1. The average molecular weight is 502 g/mol. The van der Waals surface area contributed by atoms with Gasteiger partial charge in [-0.2, -0.15) is 13.2 Å². The fraction of sp³-hybridized carbons (Fsp3) is 0.417. The number of carbonyl (C=O) groups excluding carboxylic acids is 1. The van der Waals surface area contributed by atoms with E-state index in [1.807, 2.05) is 0 Å². The third kappa shape index (κ3) is 5.14. The van der Waals surface area contributed by atoms with Crippen molar-refractivity contribution >= 4 is 40.8 Å². The Bertz CT molecular complexity index is 1040. The Balaban J connectivity index is 1.96. The van der Waals surface area contributed by atoms with Crippen LogP contribution in [0.5, 0.6) is 0 Å². The summed E-state index contributed by atoms with van der Waals surface area (Å²) in [6.07, 6.45) is -2.42. The maximum absolute atomic E-state index is 13.6. The van der Waals surface area contributed by atoms with Crippen molar-refractivity contribution in [1.29, 1.82) is 0 Å². The number of carbonyl (C=O) groups is 2. The fourth-order valence-electron chi connectivity index (χ4n) is 4.43. The molecule has 3 rings (SSSR count). The van der Waals surface area contributed by atoms with E-state index in [2.05, 4.69) is 5.32 Å². The largest absolute Gasteiger partial charge is 0.481 e. The number of halogens is 5. The van der Waals surface area contributed by atoms with Gasteiger partial charge in [0.25, 0.3) is 0 Å². The highest BCUT2D eigenvalue weighted by Crippen LogP contribution is 2.50. The highest BCUT2D eigenvalue weighted by molar-refractivity contribution is 6.33. The number of anilines is 1. The monoisotopic (exact) mass is 501 g/mol. The minimum Gasteiger partial charge on any atom is -0.481 e. The van der Waals surface area contributed by atoms with Gasteiger partial charge in [0.2, 0.25) is 5.91 Å². The van der Waals surface area contributed by atoms with Crippen molar-refractivity contribution in [3.63, 3.8) is 0 Å². The SMILES string of the molecule is CC(C(=O)O)C1(c2ccc(Cl)c(NC(=O)C(c3ccc(Cl)cc3)[C@@H](C)C(F)(F)F)c2)CCC1. The molecule has 0 bridgehead atoms. The van der Waals surface area contributed by atoms with Gasteiger partial charge in [-0.05, 0) is 48.2 Å². The predicted molar refractivity (Wildman–Crippen MR) is 122 cm³/mol. The van der Waals surface area contributed by atoms with Crippen LogP contribution in [0.25, 0.3) is 0 Å². The topological polar surface area (TPSA) is 66.4 Å². The summed E-state index contributed by atoms with van der Waals surface area (Å²) in [6, 6.07) is 10.5. The number of nitrogens with one attached hydrogen (secondary N) is 1. The Morgan fingerprint density at radius 2 is 1.67 bits per heavy atom. The van der Waals surface area contributed by atoms with E-state index in [9.17, 15) is 27.9 Å². The first-order valence-corrected chi connectivity index (χ1v) is 11.3. The second-order valence-corrected chi connectivity index (χ2v) is 9.46. The van der Waals surface area contributed by atoms with E-state index in [0.717, 1.165) is 13.3 Å². The molecule has 2 aromatic rings. The predicted octanol–water partition coefficient (Wildman–Crippen LogP) is 7.06. The Morgan fingerprint density at radius 1 is 1.06 bits per heavy atom. The minimum atomic E-state index is -4.61. The zero-order chi connectivity index (χ0) is 24.6. The van der Waals surface area contributed by atoms with Crippen molar-refractivity contribution < 1.29 is 27.9 Å². The molecule has 9 heteroatoms. The van der Waals surface area contributed by atoms with Gasteiger partial charge in [0.1, 0.15) is 0 Å². The van der Waals surface area contributed by atoms with Crippen LogP contribution in [0.4, 0.5) is 18.9 Å². The molecule has 1 fully saturated rings. The van der Waals surface area contributed by atoms with Gasteiger partial charge in [-0.3, -0.25) is 9.59 Å². The molecular formula is C24H24Cl2F3NO3. The first kappa shape index (κ1) is 25.4. The smallest absolute Gasteiger partial charge is 0.392 e. The lowest BCUT2D eigenvalue weighted by Gasteiger charge is -2.45. The summed E-state index contributed by atoms with van der Waals surface area (Å²) in [4.78, 5) is 24.8. The molecule has 0 saturated heterocycles. The van der Waals surface area contributed by atoms with Crippen LogP contribution in [0.2, 0.25) is 10.0 Å². The van der Waals surface area contributed by atoms with Gasteiger partial charge >= 0.3 is 12.1 Å². The third-order valence-electron chi connectivity index (χ3n) is 6.77. The number of rotatable bonds is 7. The Hall–Kier alpha value is -2.25. The van der Waals surface area contributed by atoms with Gasteiger partial charge in [-0.15, -0.1) is 0 Å². The molecular weight excluding hydrogens is 478 g/mol. The van der Waals surface area contributed by atoms with Crippen molar-refractivity contribution in [2.24, 2.45) is 11.8 Å². The van der Waals surface area contributed by atoms with E-state index >= 15 is 0 Å². The summed E-state index contributed by atoms with van der Waals surface area (Å²) in [6.45, 7) is 2.59. The highest BCUT2D eigenvalue weighted by atomic mass is 35.5. The number of hydrogen-bond donors (Lipinski definition) is 2. The van der Waals surface area contributed by atoms with Crippen molar-refractivity contribution in [3.8, 4) is 0 Å². The summed E-state index contributed by atoms with van der Waals surface area (Å²) >= 11 is 12.1. The van der Waals surface area contributed by atoms with Crippen LogP contribution in [-0.4, -0.2) is 23.2 Å². The van der Waals surface area contributed by atoms with Gasteiger partial charge in [-0.1, -0.05) is 61.7 Å². The van der Waals surface area contributed by atoms with Crippen molar-refractivity contribution in [2.75, 3.05) is 5.32 Å². The van der Waals surface area contributed by atoms with Crippen molar-refractivity contribution in [2.45, 2.75) is 50.6 Å². The zero-order valence-electron chi connectivity index (χ0n) is 18.0. The number of hydrogen-bond acceptors (Lipinski definition) is 2. The number of amides is 1. The summed E-state index contributed by atoms with van der Waals surface area (Å²) in [5, 5.41) is 12.6. The lowest BCUT2D eigenvalue weighted by atomic mass is 9.58. The molecule has 1 amide bonds. The maximum Gasteiger partial charge on any atom is 0.392 e.